The fraction of sp³-hybridized carbons (Fsp3) is 0.258. The van der Waals surface area contributed by atoms with Gasteiger partial charge in [0, 0.05) is 36.4 Å². The smallest absolute Gasteiger partial charge is 0.238 e. The Morgan fingerprint density at radius 1 is 0.905 bits per heavy atom. The van der Waals surface area contributed by atoms with Gasteiger partial charge in [0.05, 0.1) is 13.1 Å². The number of amides is 2. The summed E-state index contributed by atoms with van der Waals surface area (Å²) in [5.41, 5.74) is 11.3. The second-order valence-electron chi connectivity index (χ2n) is 9.96. The number of nitrogens with one attached hydrogen (secondary N) is 1. The third kappa shape index (κ3) is 7.96. The summed E-state index contributed by atoms with van der Waals surface area (Å²) < 4.78 is 6.28. The fourth-order valence-electron chi connectivity index (χ4n) is 5.06. The van der Waals surface area contributed by atoms with E-state index < -0.39 is 11.9 Å². The lowest BCUT2D eigenvalue weighted by Crippen LogP contribution is -2.58. The molecule has 9 nitrogen and oxygen atoms in total. The van der Waals surface area contributed by atoms with Crippen molar-refractivity contribution in [3.05, 3.63) is 95.9 Å². The van der Waals surface area contributed by atoms with Gasteiger partial charge in [0.15, 0.2) is 5.76 Å². The van der Waals surface area contributed by atoms with Crippen molar-refractivity contribution in [3.63, 3.8) is 0 Å². The van der Waals surface area contributed by atoms with Crippen LogP contribution in [0.4, 0.5) is 5.69 Å². The molecule has 3 aromatic carbocycles. The molecule has 5 rings (SSSR count). The van der Waals surface area contributed by atoms with E-state index in [4.69, 9.17) is 15.1 Å². The highest BCUT2D eigenvalue weighted by atomic mass is 35.5. The van der Waals surface area contributed by atoms with Crippen LogP contribution >= 0.6 is 24.8 Å². The van der Waals surface area contributed by atoms with Crippen LogP contribution in [0, 0.1) is 13.8 Å². The Hall–Kier alpha value is -3.73. The van der Waals surface area contributed by atoms with E-state index in [0.717, 1.165) is 33.6 Å². The zero-order chi connectivity index (χ0) is 27.4. The summed E-state index contributed by atoms with van der Waals surface area (Å²) in [5.74, 6) is 0.652. The molecule has 1 aliphatic heterocycles. The topological polar surface area (TPSA) is 136 Å². The number of para-hydroxylation sites is 1. The molecule has 0 bridgehead atoms. The summed E-state index contributed by atoms with van der Waals surface area (Å²) in [5, 5.41) is 3.03. The van der Waals surface area contributed by atoms with Crippen LogP contribution in [0.15, 0.2) is 83.3 Å². The molecule has 1 atom stereocenters. The molecule has 4 aromatic rings. The van der Waals surface area contributed by atoms with Crippen LogP contribution in [-0.2, 0) is 16.1 Å². The number of hydrogen-bond donors (Lipinski definition) is 2. The molecule has 1 aromatic heterocycles. The first kappa shape index (κ1) is 34.5. The summed E-state index contributed by atoms with van der Waals surface area (Å²) in [4.78, 5) is 34.1. The maximum atomic E-state index is 12.8. The number of piperazine rings is 1. The monoisotopic (exact) mass is 613 g/mol. The molecule has 42 heavy (non-hydrogen) atoms. The Morgan fingerprint density at radius 3 is 2.10 bits per heavy atom. The van der Waals surface area contributed by atoms with Gasteiger partial charge in [-0.3, -0.25) is 19.4 Å². The summed E-state index contributed by atoms with van der Waals surface area (Å²) in [7, 11) is 0. The van der Waals surface area contributed by atoms with Crippen molar-refractivity contribution in [1.82, 2.24) is 14.8 Å². The van der Waals surface area contributed by atoms with Gasteiger partial charge in [-0.05, 0) is 25.0 Å². The van der Waals surface area contributed by atoms with Crippen molar-refractivity contribution >= 4 is 42.3 Å². The molecule has 2 amide bonds. The molecule has 0 aliphatic carbocycles. The number of carbonyl (C=O) groups excluding carboxylic acids is 2. The molecule has 0 spiro atoms. The Labute approximate surface area is 258 Å². The normalized spacial score (nSPS) is 15.0. The molecule has 1 aliphatic rings. The summed E-state index contributed by atoms with van der Waals surface area (Å²) in [6.07, 6.45) is 0. The van der Waals surface area contributed by atoms with E-state index in [-0.39, 0.29) is 42.7 Å². The number of halogens is 2. The number of benzene rings is 3. The van der Waals surface area contributed by atoms with E-state index in [1.165, 1.54) is 0 Å². The predicted molar refractivity (Wildman–Crippen MR) is 170 cm³/mol. The van der Waals surface area contributed by atoms with Gasteiger partial charge in [-0.15, -0.1) is 24.8 Å². The molecular weight excluding hydrogens is 577 g/mol. The Bertz CT molecular complexity index is 1390. The average molecular weight is 615 g/mol. The number of aryl methyl sites for hydroxylation is 2. The van der Waals surface area contributed by atoms with Gasteiger partial charge in [0.2, 0.25) is 17.7 Å². The molecule has 0 radical (unpaired) electrons. The van der Waals surface area contributed by atoms with E-state index >= 15 is 0 Å². The van der Waals surface area contributed by atoms with E-state index in [2.05, 4.69) is 5.32 Å². The number of nitrogens with two attached hydrogens (primary N) is 1. The lowest BCUT2D eigenvalue weighted by atomic mass is 10.1. The Balaban J connectivity index is 0.00000205. The number of hydrogen-bond acceptors (Lipinski definition) is 6. The summed E-state index contributed by atoms with van der Waals surface area (Å²) >= 11 is 0. The van der Waals surface area contributed by atoms with Gasteiger partial charge < -0.3 is 20.9 Å². The molecule has 1 fully saturated rings. The first-order valence-electron chi connectivity index (χ1n) is 13.1. The minimum absolute atomic E-state index is 0. The van der Waals surface area contributed by atoms with Gasteiger partial charge in [-0.1, -0.05) is 78.9 Å². The standard InChI is InChI=1S/C31H33N5O3.2ClH.H2O/c1-21-10-9-11-22(2)28(21)33-26(37)19-35-16-17-36(25(18-35)31(32)38)20-27-34-29(23-12-5-3-6-13-23)30(39-27)24-14-7-4-8-15-24;;;/h3-15,25H,16-20H2,1-2H3,(H2,32,38)(H,33,37);2*1H;1H2. The number of nitrogens with zero attached hydrogens (tertiary/aromatic N) is 3. The first-order chi connectivity index (χ1) is 18.9. The van der Waals surface area contributed by atoms with E-state index in [9.17, 15) is 9.59 Å². The van der Waals surface area contributed by atoms with Gasteiger partial charge in [0.1, 0.15) is 11.7 Å². The van der Waals surface area contributed by atoms with Crippen molar-refractivity contribution in [2.75, 3.05) is 31.5 Å². The lowest BCUT2D eigenvalue weighted by molar-refractivity contribution is -0.128. The van der Waals surface area contributed by atoms with Crippen molar-refractivity contribution in [2.45, 2.75) is 26.4 Å². The number of aromatic nitrogens is 1. The molecule has 1 unspecified atom stereocenters. The first-order valence-corrected chi connectivity index (χ1v) is 13.1. The fourth-order valence-corrected chi connectivity index (χ4v) is 5.06. The van der Waals surface area contributed by atoms with E-state index in [0.29, 0.717) is 37.8 Å². The summed E-state index contributed by atoms with van der Waals surface area (Å²) in [6, 6.07) is 25.1. The minimum Gasteiger partial charge on any atom is -0.439 e. The van der Waals surface area contributed by atoms with E-state index in [1.54, 1.807) is 0 Å². The van der Waals surface area contributed by atoms with Crippen molar-refractivity contribution in [3.8, 4) is 22.6 Å². The average Bonchev–Trinajstić information content (AvgIpc) is 3.36. The highest BCUT2D eigenvalue weighted by Gasteiger charge is 2.33. The van der Waals surface area contributed by atoms with Crippen LogP contribution in [-0.4, -0.2) is 64.3 Å². The highest BCUT2D eigenvalue weighted by molar-refractivity contribution is 5.94. The zero-order valence-corrected chi connectivity index (χ0v) is 25.2. The van der Waals surface area contributed by atoms with E-state index in [1.807, 2.05) is 103 Å². The SMILES string of the molecule is Cc1cccc(C)c1NC(=O)CN1CCN(Cc2nc(-c3ccccc3)c(-c3ccccc3)o2)C(C(N)=O)C1.Cl.Cl.O. The van der Waals surface area contributed by atoms with Crippen LogP contribution in [0.1, 0.15) is 17.0 Å². The number of oxazole rings is 1. The minimum atomic E-state index is -0.570. The zero-order valence-electron chi connectivity index (χ0n) is 23.6. The lowest BCUT2D eigenvalue weighted by Gasteiger charge is -2.38. The third-order valence-electron chi connectivity index (χ3n) is 7.11. The quantitative estimate of drug-likeness (QED) is 0.305. The highest BCUT2D eigenvalue weighted by Crippen LogP contribution is 2.33. The van der Waals surface area contributed by atoms with Gasteiger partial charge in [-0.25, -0.2) is 4.98 Å². The molecule has 224 valence electrons. The third-order valence-corrected chi connectivity index (χ3v) is 7.11. The number of anilines is 1. The molecule has 1 saturated heterocycles. The van der Waals surface area contributed by atoms with Crippen molar-refractivity contribution in [2.24, 2.45) is 5.73 Å². The van der Waals surface area contributed by atoms with Crippen LogP contribution in [0.25, 0.3) is 22.6 Å². The second-order valence-corrected chi connectivity index (χ2v) is 9.96. The van der Waals surface area contributed by atoms with Crippen molar-refractivity contribution < 1.29 is 19.5 Å². The Morgan fingerprint density at radius 2 is 1.50 bits per heavy atom. The Kier molecular flexibility index (Phi) is 12.7. The maximum Gasteiger partial charge on any atom is 0.238 e. The second kappa shape index (κ2) is 15.5. The van der Waals surface area contributed by atoms with Gasteiger partial charge >= 0.3 is 0 Å². The predicted octanol–water partition coefficient (Wildman–Crippen LogP) is 4.25. The van der Waals surface area contributed by atoms with Crippen LogP contribution in [0.2, 0.25) is 0 Å². The molecule has 0 saturated carbocycles. The number of rotatable bonds is 8. The number of carbonyl (C=O) groups is 2. The van der Waals surface area contributed by atoms with Gasteiger partial charge in [0.25, 0.3) is 0 Å². The van der Waals surface area contributed by atoms with Crippen molar-refractivity contribution in [1.29, 1.82) is 0 Å². The molecular formula is C31H37Cl2N5O4. The van der Waals surface area contributed by atoms with Gasteiger partial charge in [-0.2, -0.15) is 0 Å². The van der Waals surface area contributed by atoms with Crippen LogP contribution in [0.5, 0.6) is 0 Å². The molecule has 2 heterocycles. The van der Waals surface area contributed by atoms with Crippen LogP contribution in [0.3, 0.4) is 0 Å². The largest absolute Gasteiger partial charge is 0.439 e. The van der Waals surface area contributed by atoms with Crippen LogP contribution < -0.4 is 11.1 Å². The maximum absolute atomic E-state index is 12.8. The number of primary amides is 1. The molecule has 11 heteroatoms. The summed E-state index contributed by atoms with van der Waals surface area (Å²) in [6.45, 7) is 5.98. The molecule has 5 N–H and O–H groups in total.